The molecule has 0 unspecified atom stereocenters. The molecule has 6 rings (SSSR count). The van der Waals surface area contributed by atoms with Gasteiger partial charge in [-0.05, 0) is 42.0 Å². The zero-order chi connectivity index (χ0) is 23.4. The molecule has 0 radical (unpaired) electrons. The zero-order valence-corrected chi connectivity index (χ0v) is 17.3. The van der Waals surface area contributed by atoms with E-state index in [1.54, 1.807) is 30.6 Å². The molecule has 3 N–H and O–H groups in total. The highest BCUT2D eigenvalue weighted by molar-refractivity contribution is 6.03. The molecule has 10 heteroatoms. The van der Waals surface area contributed by atoms with Gasteiger partial charge in [0.1, 0.15) is 28.7 Å². The summed E-state index contributed by atoms with van der Waals surface area (Å²) in [5, 5.41) is 11.8. The molecule has 0 fully saturated rings. The predicted molar refractivity (Wildman–Crippen MR) is 121 cm³/mol. The van der Waals surface area contributed by atoms with Crippen molar-refractivity contribution in [2.45, 2.75) is 0 Å². The van der Waals surface area contributed by atoms with Gasteiger partial charge in [0, 0.05) is 35.2 Å². The third kappa shape index (κ3) is 2.92. The number of aromatic amines is 1. The van der Waals surface area contributed by atoms with Crippen molar-refractivity contribution in [3.8, 4) is 33.6 Å². The molecule has 7 nitrogen and oxygen atoms in total. The zero-order valence-electron chi connectivity index (χ0n) is 17.3. The van der Waals surface area contributed by atoms with E-state index in [1.165, 1.54) is 29.0 Å². The van der Waals surface area contributed by atoms with Crippen LogP contribution in [0.1, 0.15) is 0 Å². The normalized spacial score (nSPS) is 11.5. The molecule has 0 aliphatic heterocycles. The standard InChI is InChI=1S/C24H14F3N7/c25-16-2-1-14(15-11-31-32-23(15)16)20-22(12-3-6-29-7-4-12)33-34-19(5-8-30-24(20)34)21-17(26)9-13(28)10-18(21)27/h1-11H,28H2,(H,31,32). The number of nitrogens with zero attached hydrogens (tertiary/aromatic N) is 5. The highest BCUT2D eigenvalue weighted by atomic mass is 19.1. The van der Waals surface area contributed by atoms with Crippen molar-refractivity contribution in [1.29, 1.82) is 0 Å². The number of nitrogens with two attached hydrogens (primary N) is 1. The Bertz CT molecular complexity index is 1680. The lowest BCUT2D eigenvalue weighted by molar-refractivity contribution is 0.588. The number of anilines is 1. The fraction of sp³-hybridized carbons (Fsp3) is 0. The van der Waals surface area contributed by atoms with Gasteiger partial charge in [0.05, 0.1) is 23.0 Å². The van der Waals surface area contributed by atoms with E-state index in [1.807, 2.05) is 0 Å². The molecule has 0 spiro atoms. The maximum atomic E-state index is 14.8. The minimum atomic E-state index is -0.827. The van der Waals surface area contributed by atoms with Crippen molar-refractivity contribution in [1.82, 2.24) is 29.8 Å². The van der Waals surface area contributed by atoms with Gasteiger partial charge in [0.2, 0.25) is 0 Å². The average molecular weight is 457 g/mol. The van der Waals surface area contributed by atoms with Crippen molar-refractivity contribution in [2.75, 3.05) is 5.73 Å². The van der Waals surface area contributed by atoms with Crippen LogP contribution in [0.2, 0.25) is 0 Å². The van der Waals surface area contributed by atoms with Gasteiger partial charge in [-0.2, -0.15) is 10.2 Å². The van der Waals surface area contributed by atoms with E-state index in [9.17, 15) is 13.2 Å². The maximum Gasteiger partial charge on any atom is 0.164 e. The Labute approximate surface area is 189 Å². The number of benzene rings is 2. The van der Waals surface area contributed by atoms with E-state index in [0.29, 0.717) is 33.4 Å². The summed E-state index contributed by atoms with van der Waals surface area (Å²) in [6.07, 6.45) is 6.16. The minimum absolute atomic E-state index is 0.0312. The summed E-state index contributed by atoms with van der Waals surface area (Å²) in [4.78, 5) is 8.52. The molecule has 2 aromatic carbocycles. The summed E-state index contributed by atoms with van der Waals surface area (Å²) in [5.74, 6) is -2.11. The van der Waals surface area contributed by atoms with Gasteiger partial charge in [0.15, 0.2) is 5.65 Å². The lowest BCUT2D eigenvalue weighted by Gasteiger charge is -2.09. The number of H-pyrrole nitrogens is 1. The van der Waals surface area contributed by atoms with Crippen LogP contribution >= 0.6 is 0 Å². The number of rotatable bonds is 3. The van der Waals surface area contributed by atoms with Crippen LogP contribution in [0.3, 0.4) is 0 Å². The summed E-state index contributed by atoms with van der Waals surface area (Å²) in [7, 11) is 0. The SMILES string of the molecule is Nc1cc(F)c(-c2ccnc3c(-c4ccc(F)c5[nH]ncc45)c(-c4ccncc4)nn23)c(F)c1. The highest BCUT2D eigenvalue weighted by Gasteiger charge is 2.24. The highest BCUT2D eigenvalue weighted by Crippen LogP contribution is 2.40. The van der Waals surface area contributed by atoms with Gasteiger partial charge in [0.25, 0.3) is 0 Å². The summed E-state index contributed by atoms with van der Waals surface area (Å²) in [5.41, 5.74) is 8.31. The van der Waals surface area contributed by atoms with Crippen LogP contribution in [-0.4, -0.2) is 29.8 Å². The second-order valence-corrected chi connectivity index (χ2v) is 7.64. The van der Waals surface area contributed by atoms with E-state index in [2.05, 4.69) is 20.2 Å². The molecule has 4 aromatic heterocycles. The molecular weight excluding hydrogens is 443 g/mol. The first-order chi connectivity index (χ1) is 16.5. The summed E-state index contributed by atoms with van der Waals surface area (Å²) in [6, 6.07) is 10.0. The van der Waals surface area contributed by atoms with Crippen molar-refractivity contribution in [3.63, 3.8) is 0 Å². The molecule has 0 saturated heterocycles. The summed E-state index contributed by atoms with van der Waals surface area (Å²) < 4.78 is 45.4. The number of halogens is 3. The second kappa shape index (κ2) is 7.41. The van der Waals surface area contributed by atoms with Crippen molar-refractivity contribution in [2.24, 2.45) is 0 Å². The Hall–Kier alpha value is -4.73. The fourth-order valence-corrected chi connectivity index (χ4v) is 4.15. The number of hydrogen-bond donors (Lipinski definition) is 2. The number of pyridine rings is 1. The van der Waals surface area contributed by atoms with Crippen molar-refractivity contribution < 1.29 is 13.2 Å². The Morgan fingerprint density at radius 3 is 2.38 bits per heavy atom. The van der Waals surface area contributed by atoms with Gasteiger partial charge in [-0.15, -0.1) is 0 Å². The number of hydrogen-bond acceptors (Lipinski definition) is 5. The van der Waals surface area contributed by atoms with Crippen molar-refractivity contribution in [3.05, 3.63) is 84.7 Å². The van der Waals surface area contributed by atoms with Crippen LogP contribution in [0.25, 0.3) is 50.2 Å². The molecular formula is C24H14F3N7. The second-order valence-electron chi connectivity index (χ2n) is 7.64. The maximum absolute atomic E-state index is 14.8. The number of nitrogens with one attached hydrogen (secondary N) is 1. The Morgan fingerprint density at radius 1 is 0.853 bits per heavy atom. The Balaban J connectivity index is 1.74. The van der Waals surface area contributed by atoms with Gasteiger partial charge < -0.3 is 5.73 Å². The van der Waals surface area contributed by atoms with Crippen LogP contribution in [0, 0.1) is 17.5 Å². The van der Waals surface area contributed by atoms with E-state index in [0.717, 1.165) is 12.1 Å². The van der Waals surface area contributed by atoms with Crippen molar-refractivity contribution >= 4 is 22.2 Å². The Kier molecular flexibility index (Phi) is 4.34. The average Bonchev–Trinajstić information content (AvgIpc) is 3.46. The predicted octanol–water partition coefficient (Wildman–Crippen LogP) is 5.00. The number of aromatic nitrogens is 6. The molecule has 0 aliphatic carbocycles. The van der Waals surface area contributed by atoms with Gasteiger partial charge in [-0.1, -0.05) is 6.07 Å². The van der Waals surface area contributed by atoms with E-state index in [-0.39, 0.29) is 22.5 Å². The van der Waals surface area contributed by atoms with Crippen LogP contribution in [0.5, 0.6) is 0 Å². The molecule has 0 saturated carbocycles. The van der Waals surface area contributed by atoms with Crippen LogP contribution in [0.15, 0.2) is 67.3 Å². The lowest BCUT2D eigenvalue weighted by Crippen LogP contribution is -2.01. The van der Waals surface area contributed by atoms with E-state index >= 15 is 0 Å². The largest absolute Gasteiger partial charge is 0.399 e. The molecule has 0 aliphatic rings. The molecule has 0 bridgehead atoms. The first-order valence-corrected chi connectivity index (χ1v) is 10.2. The van der Waals surface area contributed by atoms with Gasteiger partial charge in [-0.25, -0.2) is 22.7 Å². The third-order valence-electron chi connectivity index (χ3n) is 5.63. The van der Waals surface area contributed by atoms with Crippen LogP contribution in [-0.2, 0) is 0 Å². The van der Waals surface area contributed by atoms with E-state index in [4.69, 9.17) is 10.8 Å². The number of nitrogen functional groups attached to an aromatic ring is 1. The molecule has 0 atom stereocenters. The lowest BCUT2D eigenvalue weighted by atomic mass is 9.98. The van der Waals surface area contributed by atoms with Gasteiger partial charge in [-0.3, -0.25) is 10.1 Å². The molecule has 0 amide bonds. The summed E-state index contributed by atoms with van der Waals surface area (Å²) >= 11 is 0. The molecule has 34 heavy (non-hydrogen) atoms. The minimum Gasteiger partial charge on any atom is -0.399 e. The molecule has 4 heterocycles. The van der Waals surface area contributed by atoms with Crippen LogP contribution < -0.4 is 5.73 Å². The van der Waals surface area contributed by atoms with Gasteiger partial charge >= 0.3 is 0 Å². The first kappa shape index (κ1) is 19.9. The Morgan fingerprint density at radius 2 is 1.62 bits per heavy atom. The molecule has 6 aromatic rings. The van der Waals surface area contributed by atoms with E-state index < -0.39 is 17.5 Å². The topological polar surface area (TPSA) is 97.8 Å². The summed E-state index contributed by atoms with van der Waals surface area (Å²) in [6.45, 7) is 0. The quantitative estimate of drug-likeness (QED) is 0.365. The first-order valence-electron chi connectivity index (χ1n) is 10.2. The van der Waals surface area contributed by atoms with Crippen LogP contribution in [0.4, 0.5) is 18.9 Å². The molecule has 166 valence electrons. The smallest absolute Gasteiger partial charge is 0.164 e. The third-order valence-corrected chi connectivity index (χ3v) is 5.63. The fourth-order valence-electron chi connectivity index (χ4n) is 4.15. The number of fused-ring (bicyclic) bond motifs is 2. The monoisotopic (exact) mass is 457 g/mol.